The molecule has 1 aromatic heterocycles. The van der Waals surface area contributed by atoms with E-state index in [1.807, 2.05) is 18.7 Å². The lowest BCUT2D eigenvalue weighted by atomic mass is 9.80. The van der Waals surface area contributed by atoms with Gasteiger partial charge >= 0.3 is 0 Å². The normalized spacial score (nSPS) is 22.9. The Morgan fingerprint density at radius 1 is 1.59 bits per heavy atom. The summed E-state index contributed by atoms with van der Waals surface area (Å²) >= 11 is 0. The van der Waals surface area contributed by atoms with Crippen LogP contribution in [0.4, 0.5) is 4.39 Å². The van der Waals surface area contributed by atoms with Gasteiger partial charge < -0.3 is 14.4 Å². The van der Waals surface area contributed by atoms with Crippen molar-refractivity contribution in [2.24, 2.45) is 11.8 Å². The Labute approximate surface area is 129 Å². The highest BCUT2D eigenvalue weighted by molar-refractivity contribution is 5.79. The molecule has 22 heavy (non-hydrogen) atoms. The molecule has 0 saturated carbocycles. The van der Waals surface area contributed by atoms with Gasteiger partial charge in [-0.15, -0.1) is 0 Å². The van der Waals surface area contributed by atoms with Crippen LogP contribution in [-0.4, -0.2) is 47.7 Å². The molecule has 0 bridgehead atoms. The second-order valence-corrected chi connectivity index (χ2v) is 6.35. The van der Waals surface area contributed by atoms with E-state index in [9.17, 15) is 9.18 Å². The molecule has 3 heterocycles. The zero-order valence-electron chi connectivity index (χ0n) is 12.9. The maximum Gasteiger partial charge on any atom is 0.250 e. The molecule has 0 unspecified atom stereocenters. The first-order valence-electron chi connectivity index (χ1n) is 7.68. The largest absolute Gasteiger partial charge is 0.475 e. The molecule has 2 saturated heterocycles. The van der Waals surface area contributed by atoms with Crippen LogP contribution in [0.3, 0.4) is 0 Å². The smallest absolute Gasteiger partial charge is 0.250 e. The fourth-order valence-electron chi connectivity index (χ4n) is 3.15. The maximum absolute atomic E-state index is 13.5. The molecular weight excluding hydrogens is 287 g/mol. The lowest BCUT2D eigenvalue weighted by molar-refractivity contribution is -0.169. The van der Waals surface area contributed by atoms with E-state index < -0.39 is 5.82 Å². The standard InChI is InChI=1S/C16H21FN2O3/c1-11(2)15(20)19-9-16(10-19)12(5-7-22-16)8-21-14-13(17)4-3-6-18-14/h3-4,6,11-12H,5,7-10H2,1-2H3/t12-/m1/s1. The number of rotatable bonds is 4. The molecule has 0 aromatic carbocycles. The Balaban J connectivity index is 1.59. The SMILES string of the molecule is CC(C)C(=O)N1CC2(C1)OCC[C@@H]2COc1ncccc1F. The molecule has 2 aliphatic rings. The van der Waals surface area contributed by atoms with Gasteiger partial charge in [-0.3, -0.25) is 4.79 Å². The Bertz CT molecular complexity index is 558. The number of hydrogen-bond donors (Lipinski definition) is 0. The second-order valence-electron chi connectivity index (χ2n) is 6.35. The molecule has 2 fully saturated rings. The van der Waals surface area contributed by atoms with Crippen LogP contribution in [0.1, 0.15) is 20.3 Å². The lowest BCUT2D eigenvalue weighted by Crippen LogP contribution is -2.67. The number of halogens is 1. The van der Waals surface area contributed by atoms with Crippen molar-refractivity contribution in [1.29, 1.82) is 0 Å². The third kappa shape index (κ3) is 2.67. The first kappa shape index (κ1) is 15.2. The summed E-state index contributed by atoms with van der Waals surface area (Å²) in [7, 11) is 0. The second kappa shape index (κ2) is 5.83. The average Bonchev–Trinajstić information content (AvgIpc) is 2.88. The van der Waals surface area contributed by atoms with Gasteiger partial charge in [-0.05, 0) is 18.6 Å². The molecule has 1 atom stereocenters. The van der Waals surface area contributed by atoms with E-state index in [-0.39, 0.29) is 29.2 Å². The van der Waals surface area contributed by atoms with E-state index in [1.54, 1.807) is 0 Å². The van der Waals surface area contributed by atoms with Gasteiger partial charge in [0.15, 0.2) is 5.82 Å². The fraction of sp³-hybridized carbons (Fsp3) is 0.625. The van der Waals surface area contributed by atoms with Crippen molar-refractivity contribution in [3.8, 4) is 5.88 Å². The molecule has 120 valence electrons. The summed E-state index contributed by atoms with van der Waals surface area (Å²) in [6, 6.07) is 2.86. The average molecular weight is 308 g/mol. The first-order valence-corrected chi connectivity index (χ1v) is 7.68. The minimum atomic E-state index is -0.458. The predicted molar refractivity (Wildman–Crippen MR) is 77.9 cm³/mol. The van der Waals surface area contributed by atoms with E-state index >= 15 is 0 Å². The number of carbonyl (C=O) groups is 1. The third-order valence-electron chi connectivity index (χ3n) is 4.47. The van der Waals surface area contributed by atoms with Gasteiger partial charge in [0.05, 0.1) is 19.7 Å². The van der Waals surface area contributed by atoms with Gasteiger partial charge in [-0.1, -0.05) is 13.8 Å². The van der Waals surface area contributed by atoms with Crippen LogP contribution in [0.5, 0.6) is 5.88 Å². The van der Waals surface area contributed by atoms with Gasteiger partial charge in [-0.2, -0.15) is 0 Å². The van der Waals surface area contributed by atoms with Crippen LogP contribution in [0.15, 0.2) is 18.3 Å². The van der Waals surface area contributed by atoms with Crippen molar-refractivity contribution in [3.63, 3.8) is 0 Å². The summed E-state index contributed by atoms with van der Waals surface area (Å²) in [5.74, 6) is -0.127. The monoisotopic (exact) mass is 308 g/mol. The summed E-state index contributed by atoms with van der Waals surface area (Å²) in [5.41, 5.74) is -0.324. The van der Waals surface area contributed by atoms with E-state index in [0.29, 0.717) is 26.3 Å². The summed E-state index contributed by atoms with van der Waals surface area (Å²) in [5, 5.41) is 0. The fourth-order valence-corrected chi connectivity index (χ4v) is 3.15. The Hall–Kier alpha value is -1.69. The minimum Gasteiger partial charge on any atom is -0.475 e. The minimum absolute atomic E-state index is 0.00364. The van der Waals surface area contributed by atoms with E-state index in [4.69, 9.17) is 9.47 Å². The molecule has 3 rings (SSSR count). The first-order chi connectivity index (χ1) is 10.5. The highest BCUT2D eigenvalue weighted by atomic mass is 19.1. The van der Waals surface area contributed by atoms with Gasteiger partial charge in [0, 0.05) is 24.6 Å². The van der Waals surface area contributed by atoms with Crippen molar-refractivity contribution < 1.29 is 18.7 Å². The number of carbonyl (C=O) groups excluding carboxylic acids is 1. The Kier molecular flexibility index (Phi) is 4.04. The van der Waals surface area contributed by atoms with Crippen LogP contribution < -0.4 is 4.74 Å². The van der Waals surface area contributed by atoms with Crippen LogP contribution in [0, 0.1) is 17.7 Å². The van der Waals surface area contributed by atoms with Gasteiger partial charge in [0.2, 0.25) is 11.8 Å². The number of hydrogen-bond acceptors (Lipinski definition) is 4. The summed E-state index contributed by atoms with van der Waals surface area (Å²) < 4.78 is 24.9. The number of likely N-dealkylation sites (tertiary alicyclic amines) is 1. The zero-order valence-corrected chi connectivity index (χ0v) is 12.9. The van der Waals surface area contributed by atoms with Crippen molar-refractivity contribution in [3.05, 3.63) is 24.1 Å². The molecule has 0 aliphatic carbocycles. The number of ether oxygens (including phenoxy) is 2. The summed E-state index contributed by atoms with van der Waals surface area (Å²) in [6.45, 7) is 6.01. The van der Waals surface area contributed by atoms with Crippen LogP contribution >= 0.6 is 0 Å². The Morgan fingerprint density at radius 2 is 2.36 bits per heavy atom. The van der Waals surface area contributed by atoms with Crippen LogP contribution in [-0.2, 0) is 9.53 Å². The summed E-state index contributed by atoms with van der Waals surface area (Å²) in [6.07, 6.45) is 2.36. The van der Waals surface area contributed by atoms with Crippen molar-refractivity contribution in [1.82, 2.24) is 9.88 Å². The zero-order chi connectivity index (χ0) is 15.7. The number of aromatic nitrogens is 1. The molecule has 1 aromatic rings. The summed E-state index contributed by atoms with van der Waals surface area (Å²) in [4.78, 5) is 17.7. The molecule has 1 amide bonds. The van der Waals surface area contributed by atoms with Crippen molar-refractivity contribution >= 4 is 5.91 Å². The third-order valence-corrected chi connectivity index (χ3v) is 4.47. The molecule has 1 spiro atoms. The predicted octanol–water partition coefficient (Wildman–Crippen LogP) is 1.87. The highest BCUT2D eigenvalue weighted by Crippen LogP contribution is 2.40. The van der Waals surface area contributed by atoms with Crippen LogP contribution in [0.2, 0.25) is 0 Å². The van der Waals surface area contributed by atoms with E-state index in [1.165, 1.54) is 18.3 Å². The Morgan fingerprint density at radius 3 is 3.05 bits per heavy atom. The number of pyridine rings is 1. The van der Waals surface area contributed by atoms with Crippen LogP contribution in [0.25, 0.3) is 0 Å². The van der Waals surface area contributed by atoms with E-state index in [0.717, 1.165) is 6.42 Å². The molecular formula is C16H21FN2O3. The lowest BCUT2D eigenvalue weighted by Gasteiger charge is -2.50. The van der Waals surface area contributed by atoms with Gasteiger partial charge in [0.1, 0.15) is 5.60 Å². The topological polar surface area (TPSA) is 51.7 Å². The highest BCUT2D eigenvalue weighted by Gasteiger charge is 2.54. The number of amides is 1. The van der Waals surface area contributed by atoms with Crippen molar-refractivity contribution in [2.75, 3.05) is 26.3 Å². The molecule has 0 radical (unpaired) electrons. The number of nitrogens with zero attached hydrogens (tertiary/aromatic N) is 2. The molecule has 5 nitrogen and oxygen atoms in total. The van der Waals surface area contributed by atoms with Crippen molar-refractivity contribution in [2.45, 2.75) is 25.9 Å². The molecule has 2 aliphatic heterocycles. The molecule has 0 N–H and O–H groups in total. The molecule has 6 heteroatoms. The van der Waals surface area contributed by atoms with Gasteiger partial charge in [0.25, 0.3) is 0 Å². The maximum atomic E-state index is 13.5. The van der Waals surface area contributed by atoms with Gasteiger partial charge in [-0.25, -0.2) is 9.37 Å². The van der Waals surface area contributed by atoms with E-state index in [2.05, 4.69) is 4.98 Å². The quantitative estimate of drug-likeness (QED) is 0.852.